The number of amides is 1. The number of nitrogens with one attached hydrogen (secondary N) is 1. The number of nitrogens with zero attached hydrogens (tertiary/aromatic N) is 3. The van der Waals surface area contributed by atoms with Crippen molar-refractivity contribution in [1.82, 2.24) is 15.4 Å². The SMILES string of the molecule is CCOc1ccc(-c2cncc(C(=O)NN=Cc3cc(OC)cc(OC)c3)n2)c(Cl)c1. The molecule has 0 fully saturated rings. The van der Waals surface area contributed by atoms with Crippen LogP contribution in [0, 0.1) is 0 Å². The molecular formula is C22H21ClN4O4. The van der Waals surface area contributed by atoms with Crippen molar-refractivity contribution < 1.29 is 19.0 Å². The van der Waals surface area contributed by atoms with Gasteiger partial charge < -0.3 is 14.2 Å². The molecule has 0 radical (unpaired) electrons. The van der Waals surface area contributed by atoms with E-state index in [1.807, 2.05) is 6.92 Å². The molecule has 0 unspecified atom stereocenters. The number of halogens is 1. The van der Waals surface area contributed by atoms with E-state index in [1.54, 1.807) is 50.6 Å². The zero-order valence-electron chi connectivity index (χ0n) is 17.3. The van der Waals surface area contributed by atoms with Gasteiger partial charge in [-0.2, -0.15) is 5.10 Å². The maximum absolute atomic E-state index is 12.5. The molecule has 9 heteroatoms. The molecule has 1 N–H and O–H groups in total. The van der Waals surface area contributed by atoms with E-state index in [1.165, 1.54) is 18.6 Å². The Bertz CT molecular complexity index is 1080. The molecule has 0 aliphatic heterocycles. The minimum Gasteiger partial charge on any atom is -0.497 e. The lowest BCUT2D eigenvalue weighted by molar-refractivity contribution is 0.0950. The standard InChI is InChI=1S/C22H21ClN4O4/c1-4-31-15-5-6-18(19(23)10-15)20-12-24-13-21(26-20)22(28)27-25-11-14-7-16(29-2)9-17(8-14)30-3/h5-13H,4H2,1-3H3,(H,27,28). The molecule has 1 heterocycles. The van der Waals surface area contributed by atoms with Gasteiger partial charge in [0.25, 0.3) is 5.91 Å². The summed E-state index contributed by atoms with van der Waals surface area (Å²) in [6.45, 7) is 2.43. The van der Waals surface area contributed by atoms with Crippen LogP contribution in [0.3, 0.4) is 0 Å². The third-order valence-electron chi connectivity index (χ3n) is 4.15. The third-order valence-corrected chi connectivity index (χ3v) is 4.46. The zero-order chi connectivity index (χ0) is 22.2. The van der Waals surface area contributed by atoms with Crippen LogP contribution < -0.4 is 19.6 Å². The second kappa shape index (κ2) is 10.4. The Morgan fingerprint density at radius 2 is 1.84 bits per heavy atom. The fourth-order valence-corrected chi connectivity index (χ4v) is 2.96. The van der Waals surface area contributed by atoms with Gasteiger partial charge in [-0.25, -0.2) is 10.4 Å². The second-order valence-corrected chi connectivity index (χ2v) is 6.62. The fourth-order valence-electron chi connectivity index (χ4n) is 2.69. The van der Waals surface area contributed by atoms with Gasteiger partial charge in [0.15, 0.2) is 0 Å². The highest BCUT2D eigenvalue weighted by Gasteiger charge is 2.12. The van der Waals surface area contributed by atoms with E-state index in [4.69, 9.17) is 25.8 Å². The van der Waals surface area contributed by atoms with Crippen LogP contribution in [0.5, 0.6) is 17.2 Å². The number of methoxy groups -OCH3 is 2. The minimum atomic E-state index is -0.512. The quantitative estimate of drug-likeness (QED) is 0.420. The molecule has 0 bridgehead atoms. The largest absolute Gasteiger partial charge is 0.497 e. The first-order valence-corrected chi connectivity index (χ1v) is 9.73. The number of carbonyl (C=O) groups excluding carboxylic acids is 1. The van der Waals surface area contributed by atoms with Crippen LogP contribution >= 0.6 is 11.6 Å². The average molecular weight is 441 g/mol. The van der Waals surface area contributed by atoms with E-state index >= 15 is 0 Å². The molecule has 3 rings (SSSR count). The van der Waals surface area contributed by atoms with Crippen LogP contribution in [0.15, 0.2) is 53.9 Å². The summed E-state index contributed by atoms with van der Waals surface area (Å²) < 4.78 is 15.9. The molecule has 0 atom stereocenters. The van der Waals surface area contributed by atoms with Gasteiger partial charge in [-0.15, -0.1) is 0 Å². The van der Waals surface area contributed by atoms with Gasteiger partial charge in [0, 0.05) is 17.2 Å². The number of hydrogen-bond donors (Lipinski definition) is 1. The Balaban J connectivity index is 1.74. The average Bonchev–Trinajstić information content (AvgIpc) is 2.79. The molecule has 0 aliphatic carbocycles. The number of rotatable bonds is 8. The van der Waals surface area contributed by atoms with Crippen molar-refractivity contribution in [3.8, 4) is 28.5 Å². The summed E-state index contributed by atoms with van der Waals surface area (Å²) in [5, 5.41) is 4.42. The van der Waals surface area contributed by atoms with E-state index in [-0.39, 0.29) is 5.69 Å². The highest BCUT2D eigenvalue weighted by molar-refractivity contribution is 6.33. The molecule has 1 amide bonds. The Kier molecular flexibility index (Phi) is 7.40. The molecule has 160 valence electrons. The summed E-state index contributed by atoms with van der Waals surface area (Å²) in [6.07, 6.45) is 4.36. The van der Waals surface area contributed by atoms with Gasteiger partial charge in [0.2, 0.25) is 0 Å². The van der Waals surface area contributed by atoms with Gasteiger partial charge in [0.05, 0.1) is 50.2 Å². The van der Waals surface area contributed by atoms with Crippen LogP contribution in [-0.4, -0.2) is 42.9 Å². The van der Waals surface area contributed by atoms with E-state index < -0.39 is 5.91 Å². The Morgan fingerprint density at radius 1 is 1.10 bits per heavy atom. The maximum atomic E-state index is 12.5. The molecule has 0 aliphatic rings. The predicted octanol–water partition coefficient (Wildman–Crippen LogP) is 3.98. The molecule has 0 saturated carbocycles. The summed E-state index contributed by atoms with van der Waals surface area (Å²) in [5.41, 5.74) is 4.33. The summed E-state index contributed by atoms with van der Waals surface area (Å²) in [4.78, 5) is 20.9. The van der Waals surface area contributed by atoms with Crippen molar-refractivity contribution in [2.24, 2.45) is 5.10 Å². The van der Waals surface area contributed by atoms with E-state index in [9.17, 15) is 4.79 Å². The molecule has 0 spiro atoms. The van der Waals surface area contributed by atoms with Crippen molar-refractivity contribution in [3.63, 3.8) is 0 Å². The van der Waals surface area contributed by atoms with Gasteiger partial charge in [0.1, 0.15) is 22.9 Å². The van der Waals surface area contributed by atoms with E-state index in [2.05, 4.69) is 20.5 Å². The maximum Gasteiger partial charge on any atom is 0.291 e. The van der Waals surface area contributed by atoms with Crippen molar-refractivity contribution in [2.45, 2.75) is 6.92 Å². The topological polar surface area (TPSA) is 94.9 Å². The molecule has 31 heavy (non-hydrogen) atoms. The number of hydrogen-bond acceptors (Lipinski definition) is 7. The summed E-state index contributed by atoms with van der Waals surface area (Å²) in [7, 11) is 3.11. The highest BCUT2D eigenvalue weighted by Crippen LogP contribution is 2.30. The fraction of sp³-hybridized carbons (Fsp3) is 0.182. The molecule has 0 saturated heterocycles. The lowest BCUT2D eigenvalue weighted by atomic mass is 10.1. The minimum absolute atomic E-state index is 0.0998. The Hall–Kier alpha value is -3.65. The lowest BCUT2D eigenvalue weighted by Gasteiger charge is -2.08. The number of ether oxygens (including phenoxy) is 3. The van der Waals surface area contributed by atoms with Gasteiger partial charge in [-0.05, 0) is 37.3 Å². The number of benzene rings is 2. The first-order chi connectivity index (χ1) is 15.0. The molecular weight excluding hydrogens is 420 g/mol. The van der Waals surface area contributed by atoms with Crippen LogP contribution in [0.2, 0.25) is 5.02 Å². The van der Waals surface area contributed by atoms with Crippen LogP contribution in [0.25, 0.3) is 11.3 Å². The van der Waals surface area contributed by atoms with E-state index in [0.717, 1.165) is 0 Å². The Morgan fingerprint density at radius 3 is 2.48 bits per heavy atom. The number of aromatic nitrogens is 2. The molecule has 1 aromatic heterocycles. The Labute approximate surface area is 184 Å². The third kappa shape index (κ3) is 5.70. The summed E-state index contributed by atoms with van der Waals surface area (Å²) in [6, 6.07) is 10.5. The normalized spacial score (nSPS) is 10.7. The van der Waals surface area contributed by atoms with Crippen LogP contribution in [0.1, 0.15) is 23.0 Å². The molecule has 2 aromatic carbocycles. The first-order valence-electron chi connectivity index (χ1n) is 9.35. The number of carbonyl (C=O) groups is 1. The molecule has 8 nitrogen and oxygen atoms in total. The summed E-state index contributed by atoms with van der Waals surface area (Å²) >= 11 is 6.34. The monoisotopic (exact) mass is 440 g/mol. The van der Waals surface area contributed by atoms with Crippen molar-refractivity contribution in [2.75, 3.05) is 20.8 Å². The molecule has 3 aromatic rings. The predicted molar refractivity (Wildman–Crippen MR) is 118 cm³/mol. The van der Waals surface area contributed by atoms with Gasteiger partial charge in [-0.1, -0.05) is 11.6 Å². The first kappa shape index (κ1) is 22.0. The summed E-state index contributed by atoms with van der Waals surface area (Å²) in [5.74, 6) is 1.36. The van der Waals surface area contributed by atoms with Crippen molar-refractivity contribution >= 4 is 23.7 Å². The zero-order valence-corrected chi connectivity index (χ0v) is 18.0. The lowest BCUT2D eigenvalue weighted by Crippen LogP contribution is -2.19. The second-order valence-electron chi connectivity index (χ2n) is 6.21. The van der Waals surface area contributed by atoms with Crippen molar-refractivity contribution in [3.05, 3.63) is 65.1 Å². The number of hydrazone groups is 1. The van der Waals surface area contributed by atoms with Gasteiger partial charge in [-0.3, -0.25) is 9.78 Å². The van der Waals surface area contributed by atoms with Gasteiger partial charge >= 0.3 is 0 Å². The van der Waals surface area contributed by atoms with Crippen molar-refractivity contribution in [1.29, 1.82) is 0 Å². The smallest absolute Gasteiger partial charge is 0.291 e. The van der Waals surface area contributed by atoms with Crippen LogP contribution in [0.4, 0.5) is 0 Å². The van der Waals surface area contributed by atoms with E-state index in [0.29, 0.717) is 45.7 Å². The highest BCUT2D eigenvalue weighted by atomic mass is 35.5. The van der Waals surface area contributed by atoms with Crippen LogP contribution in [-0.2, 0) is 0 Å².